The van der Waals surface area contributed by atoms with Gasteiger partial charge in [0.05, 0.1) is 28.9 Å². The SMILES string of the molecule is COc1cc(C=Nc2ccc(-c3nc4cc(C)ccc4o3)c(O)c2)ccc1OC(=O)c1ccc(Cl)cc1Cl. The summed E-state index contributed by atoms with van der Waals surface area (Å²) in [7, 11) is 1.47. The van der Waals surface area contributed by atoms with Crippen LogP contribution in [0, 0.1) is 6.92 Å². The van der Waals surface area contributed by atoms with E-state index in [1.807, 2.05) is 25.1 Å². The van der Waals surface area contributed by atoms with Crippen LogP contribution < -0.4 is 9.47 Å². The molecule has 0 aliphatic rings. The molecule has 1 N–H and O–H groups in total. The molecule has 190 valence electrons. The number of phenolic OH excluding ortho intramolecular Hbond substituents is 1. The van der Waals surface area contributed by atoms with Crippen molar-refractivity contribution in [2.75, 3.05) is 7.11 Å². The maximum absolute atomic E-state index is 12.6. The fourth-order valence-electron chi connectivity index (χ4n) is 3.74. The van der Waals surface area contributed by atoms with Crippen molar-refractivity contribution in [1.82, 2.24) is 4.98 Å². The molecule has 9 heteroatoms. The third kappa shape index (κ3) is 5.34. The Morgan fingerprint density at radius 1 is 1.00 bits per heavy atom. The van der Waals surface area contributed by atoms with E-state index in [4.69, 9.17) is 37.1 Å². The van der Waals surface area contributed by atoms with Gasteiger partial charge in [-0.2, -0.15) is 0 Å². The number of aromatic nitrogens is 1. The number of benzene rings is 4. The number of rotatable bonds is 6. The minimum Gasteiger partial charge on any atom is -0.507 e. The second-order valence-electron chi connectivity index (χ2n) is 8.37. The lowest BCUT2D eigenvalue weighted by molar-refractivity contribution is 0.0730. The normalized spacial score (nSPS) is 11.3. The van der Waals surface area contributed by atoms with Crippen molar-refractivity contribution in [3.63, 3.8) is 0 Å². The molecule has 4 aromatic carbocycles. The number of aryl methyl sites for hydroxylation is 1. The summed E-state index contributed by atoms with van der Waals surface area (Å²) in [5, 5.41) is 11.2. The van der Waals surface area contributed by atoms with Crippen molar-refractivity contribution >= 4 is 52.2 Å². The number of esters is 1. The molecule has 0 atom stereocenters. The van der Waals surface area contributed by atoms with E-state index >= 15 is 0 Å². The predicted octanol–water partition coefficient (Wildman–Crippen LogP) is 7.79. The quantitative estimate of drug-likeness (QED) is 0.133. The molecule has 0 unspecified atom stereocenters. The lowest BCUT2D eigenvalue weighted by Gasteiger charge is -2.10. The van der Waals surface area contributed by atoms with E-state index < -0.39 is 5.97 Å². The van der Waals surface area contributed by atoms with Gasteiger partial charge in [0.2, 0.25) is 5.89 Å². The molecule has 0 spiro atoms. The Balaban J connectivity index is 1.33. The highest BCUT2D eigenvalue weighted by molar-refractivity contribution is 6.36. The maximum atomic E-state index is 12.6. The Hall–Kier alpha value is -4.33. The van der Waals surface area contributed by atoms with E-state index in [0.717, 1.165) is 11.1 Å². The summed E-state index contributed by atoms with van der Waals surface area (Å²) in [6, 6.07) is 20.2. The van der Waals surface area contributed by atoms with Gasteiger partial charge in [-0.25, -0.2) is 9.78 Å². The van der Waals surface area contributed by atoms with Crippen LogP contribution in [0.15, 0.2) is 82.2 Å². The van der Waals surface area contributed by atoms with Crippen molar-refractivity contribution in [3.05, 3.63) is 99.5 Å². The Kier molecular flexibility index (Phi) is 7.05. The summed E-state index contributed by atoms with van der Waals surface area (Å²) in [6.07, 6.45) is 1.60. The van der Waals surface area contributed by atoms with Crippen molar-refractivity contribution in [1.29, 1.82) is 0 Å². The van der Waals surface area contributed by atoms with E-state index in [-0.39, 0.29) is 22.1 Å². The average molecular weight is 547 g/mol. The Bertz CT molecular complexity index is 1710. The Morgan fingerprint density at radius 3 is 2.61 bits per heavy atom. The van der Waals surface area contributed by atoms with E-state index in [0.29, 0.717) is 39.1 Å². The summed E-state index contributed by atoms with van der Waals surface area (Å²) in [5.41, 5.74) is 4.29. The number of fused-ring (bicyclic) bond motifs is 1. The molecule has 7 nitrogen and oxygen atoms in total. The number of hydrogen-bond donors (Lipinski definition) is 1. The second-order valence-corrected chi connectivity index (χ2v) is 9.22. The number of aliphatic imine (C=N–C) groups is 1. The topological polar surface area (TPSA) is 94.2 Å². The minimum absolute atomic E-state index is 0.0105. The monoisotopic (exact) mass is 546 g/mol. The van der Waals surface area contributed by atoms with E-state index in [1.165, 1.54) is 25.3 Å². The van der Waals surface area contributed by atoms with Crippen LogP contribution in [0.2, 0.25) is 10.0 Å². The van der Waals surface area contributed by atoms with Gasteiger partial charge in [-0.05, 0) is 78.7 Å². The van der Waals surface area contributed by atoms with E-state index in [9.17, 15) is 9.90 Å². The molecule has 5 aromatic rings. The lowest BCUT2D eigenvalue weighted by atomic mass is 10.1. The first-order valence-corrected chi connectivity index (χ1v) is 12.2. The molecular weight excluding hydrogens is 527 g/mol. The third-order valence-electron chi connectivity index (χ3n) is 5.66. The first-order valence-electron chi connectivity index (χ1n) is 11.4. The number of aromatic hydroxyl groups is 1. The molecule has 0 radical (unpaired) electrons. The molecule has 0 aliphatic heterocycles. The Morgan fingerprint density at radius 2 is 1.84 bits per heavy atom. The molecule has 0 fully saturated rings. The zero-order chi connectivity index (χ0) is 26.8. The third-order valence-corrected chi connectivity index (χ3v) is 6.21. The number of phenols is 1. The number of ether oxygens (including phenoxy) is 2. The summed E-state index contributed by atoms with van der Waals surface area (Å²) in [4.78, 5) is 21.5. The number of nitrogens with zero attached hydrogens (tertiary/aromatic N) is 2. The largest absolute Gasteiger partial charge is 0.507 e. The molecule has 38 heavy (non-hydrogen) atoms. The highest BCUT2D eigenvalue weighted by Crippen LogP contribution is 2.34. The summed E-state index contributed by atoms with van der Waals surface area (Å²) in [5.74, 6) is 0.223. The zero-order valence-corrected chi connectivity index (χ0v) is 21.7. The van der Waals surface area contributed by atoms with Crippen LogP contribution in [0.4, 0.5) is 5.69 Å². The number of carbonyl (C=O) groups is 1. The number of methoxy groups -OCH3 is 1. The van der Waals surface area contributed by atoms with Crippen molar-refractivity contribution < 1.29 is 23.8 Å². The molecule has 0 amide bonds. The smallest absolute Gasteiger partial charge is 0.345 e. The van der Waals surface area contributed by atoms with Crippen molar-refractivity contribution in [3.8, 4) is 28.7 Å². The summed E-state index contributed by atoms with van der Waals surface area (Å²) >= 11 is 12.0. The maximum Gasteiger partial charge on any atom is 0.345 e. The minimum atomic E-state index is -0.643. The fourth-order valence-corrected chi connectivity index (χ4v) is 4.23. The first-order chi connectivity index (χ1) is 18.3. The standard InChI is InChI=1S/C29H20Cl2N2O5/c1-16-3-9-25-23(11-16)33-28(37-25)21-8-6-19(14-24(21)34)32-15-17-4-10-26(27(12-17)36-2)38-29(35)20-7-5-18(30)13-22(20)31/h3-15,34H,1-2H3. The van der Waals surface area contributed by atoms with Gasteiger partial charge in [0, 0.05) is 17.3 Å². The van der Waals surface area contributed by atoms with Crippen LogP contribution in [0.5, 0.6) is 17.2 Å². The fraction of sp³-hybridized carbons (Fsp3) is 0.0690. The number of carbonyl (C=O) groups excluding carboxylic acids is 1. The molecule has 5 rings (SSSR count). The number of oxazole rings is 1. The van der Waals surface area contributed by atoms with Gasteiger partial charge in [-0.1, -0.05) is 29.3 Å². The van der Waals surface area contributed by atoms with Gasteiger partial charge in [0.15, 0.2) is 17.1 Å². The van der Waals surface area contributed by atoms with Gasteiger partial charge in [0.1, 0.15) is 11.3 Å². The van der Waals surface area contributed by atoms with Gasteiger partial charge in [0.25, 0.3) is 0 Å². The van der Waals surface area contributed by atoms with Gasteiger partial charge >= 0.3 is 5.97 Å². The molecule has 1 heterocycles. The molecule has 1 aromatic heterocycles. The van der Waals surface area contributed by atoms with Gasteiger partial charge in [-0.3, -0.25) is 4.99 Å². The highest BCUT2D eigenvalue weighted by atomic mass is 35.5. The van der Waals surface area contributed by atoms with Gasteiger partial charge < -0.3 is 19.0 Å². The van der Waals surface area contributed by atoms with Crippen LogP contribution in [0.25, 0.3) is 22.6 Å². The molecule has 0 aliphatic carbocycles. The van der Waals surface area contributed by atoms with E-state index in [1.54, 1.807) is 42.6 Å². The lowest BCUT2D eigenvalue weighted by Crippen LogP contribution is -2.10. The number of halogens is 2. The van der Waals surface area contributed by atoms with Crippen molar-refractivity contribution in [2.24, 2.45) is 4.99 Å². The first kappa shape index (κ1) is 25.3. The molecule has 0 bridgehead atoms. The highest BCUT2D eigenvalue weighted by Gasteiger charge is 2.16. The summed E-state index contributed by atoms with van der Waals surface area (Å²) in [6.45, 7) is 1.98. The van der Waals surface area contributed by atoms with Crippen LogP contribution in [-0.4, -0.2) is 29.4 Å². The van der Waals surface area contributed by atoms with Gasteiger partial charge in [-0.15, -0.1) is 0 Å². The van der Waals surface area contributed by atoms with E-state index in [2.05, 4.69) is 9.98 Å². The Labute approximate surface area is 227 Å². The molecular formula is C29H20Cl2N2O5. The second kappa shape index (κ2) is 10.6. The molecule has 0 saturated carbocycles. The number of hydrogen-bond acceptors (Lipinski definition) is 7. The summed E-state index contributed by atoms with van der Waals surface area (Å²) < 4.78 is 16.7. The van der Waals surface area contributed by atoms with Crippen LogP contribution in [0.3, 0.4) is 0 Å². The van der Waals surface area contributed by atoms with Crippen LogP contribution in [0.1, 0.15) is 21.5 Å². The van der Waals surface area contributed by atoms with Crippen LogP contribution >= 0.6 is 23.2 Å². The van der Waals surface area contributed by atoms with Crippen molar-refractivity contribution in [2.45, 2.75) is 6.92 Å². The van der Waals surface area contributed by atoms with Crippen LogP contribution in [-0.2, 0) is 0 Å². The predicted molar refractivity (Wildman–Crippen MR) is 148 cm³/mol. The molecule has 0 saturated heterocycles. The zero-order valence-electron chi connectivity index (χ0n) is 20.2. The average Bonchev–Trinajstić information content (AvgIpc) is 3.30.